The number of nitrogens with zero attached hydrogens (tertiary/aromatic N) is 2. The fraction of sp³-hybridized carbons (Fsp3) is 0.400. The summed E-state index contributed by atoms with van der Waals surface area (Å²) < 4.78 is 0.317. The number of aromatic nitrogens is 4. The molecule has 0 saturated carbocycles. The van der Waals surface area contributed by atoms with E-state index < -0.39 is 0 Å². The molecule has 0 aliphatic carbocycles. The third-order valence-corrected chi connectivity index (χ3v) is 3.38. The van der Waals surface area contributed by atoms with Crippen molar-refractivity contribution in [2.24, 2.45) is 11.7 Å². The molecule has 2 aromatic rings. The second kappa shape index (κ2) is 4.28. The minimum absolute atomic E-state index is 0.0907. The number of imidazole rings is 1. The molecule has 3 heterocycles. The molecule has 1 fully saturated rings. The van der Waals surface area contributed by atoms with Crippen LogP contribution in [-0.2, 0) is 4.79 Å². The van der Waals surface area contributed by atoms with E-state index in [1.807, 2.05) is 0 Å². The van der Waals surface area contributed by atoms with E-state index in [0.29, 0.717) is 29.9 Å². The van der Waals surface area contributed by atoms with Gasteiger partial charge >= 0.3 is 0 Å². The molecule has 100 valence electrons. The smallest absolute Gasteiger partial charge is 0.278 e. The number of rotatable bonds is 2. The molecule has 8 nitrogen and oxygen atoms in total. The number of carbonyl (C=O) groups excluding carboxylic acids is 1. The monoisotopic (exact) mass is 280 g/mol. The van der Waals surface area contributed by atoms with Gasteiger partial charge in [0, 0.05) is 13.0 Å². The summed E-state index contributed by atoms with van der Waals surface area (Å²) in [5.74, 6) is 0.231. The Bertz CT molecular complexity index is 759. The molecule has 1 amide bonds. The fourth-order valence-corrected chi connectivity index (χ4v) is 2.39. The maximum absolute atomic E-state index is 11.9. The van der Waals surface area contributed by atoms with E-state index >= 15 is 0 Å². The van der Waals surface area contributed by atoms with E-state index in [-0.39, 0.29) is 28.8 Å². The molecule has 0 aromatic carbocycles. The van der Waals surface area contributed by atoms with Crippen molar-refractivity contribution in [1.82, 2.24) is 19.9 Å². The molecule has 3 rings (SSSR count). The first-order chi connectivity index (χ1) is 9.08. The number of amides is 1. The lowest BCUT2D eigenvalue weighted by Gasteiger charge is -2.14. The van der Waals surface area contributed by atoms with Gasteiger partial charge in [0.2, 0.25) is 11.9 Å². The number of nitrogens with two attached hydrogens (primary N) is 1. The van der Waals surface area contributed by atoms with Gasteiger partial charge in [0.1, 0.15) is 5.52 Å². The quantitative estimate of drug-likeness (QED) is 0.558. The molecule has 9 heteroatoms. The molecule has 1 unspecified atom stereocenters. The van der Waals surface area contributed by atoms with E-state index in [2.05, 4.69) is 19.9 Å². The number of fused-ring (bicyclic) bond motifs is 1. The van der Waals surface area contributed by atoms with Gasteiger partial charge < -0.3 is 15.7 Å². The van der Waals surface area contributed by atoms with Crippen molar-refractivity contribution in [3.63, 3.8) is 0 Å². The highest BCUT2D eigenvalue weighted by molar-refractivity contribution is 7.71. The van der Waals surface area contributed by atoms with E-state index in [1.165, 1.54) is 4.90 Å². The van der Waals surface area contributed by atoms with Gasteiger partial charge in [-0.3, -0.25) is 19.5 Å². The van der Waals surface area contributed by atoms with Crippen molar-refractivity contribution in [3.8, 4) is 0 Å². The molecule has 0 radical (unpaired) electrons. The highest BCUT2D eigenvalue weighted by atomic mass is 32.1. The van der Waals surface area contributed by atoms with Crippen LogP contribution in [0.1, 0.15) is 6.42 Å². The molecule has 19 heavy (non-hydrogen) atoms. The zero-order valence-electron chi connectivity index (χ0n) is 9.90. The number of hydrogen-bond acceptors (Lipinski definition) is 5. The highest BCUT2D eigenvalue weighted by Crippen LogP contribution is 2.21. The van der Waals surface area contributed by atoms with Crippen LogP contribution >= 0.6 is 12.2 Å². The van der Waals surface area contributed by atoms with E-state index in [4.69, 9.17) is 18.0 Å². The molecule has 1 aliphatic heterocycles. The summed E-state index contributed by atoms with van der Waals surface area (Å²) >= 11 is 4.91. The average molecular weight is 280 g/mol. The summed E-state index contributed by atoms with van der Waals surface area (Å²) in [6.07, 6.45) is 0.376. The first-order valence-corrected chi connectivity index (χ1v) is 6.22. The number of nitrogens with one attached hydrogen (secondary N) is 3. The summed E-state index contributed by atoms with van der Waals surface area (Å²) in [4.78, 5) is 37.5. The highest BCUT2D eigenvalue weighted by Gasteiger charge is 2.31. The minimum atomic E-state index is -0.364. The molecule has 1 saturated heterocycles. The van der Waals surface area contributed by atoms with Crippen LogP contribution in [0.3, 0.4) is 0 Å². The van der Waals surface area contributed by atoms with Gasteiger partial charge in [-0.05, 0) is 24.7 Å². The van der Waals surface area contributed by atoms with Crippen molar-refractivity contribution in [2.75, 3.05) is 18.0 Å². The van der Waals surface area contributed by atoms with Crippen LogP contribution in [-0.4, -0.2) is 38.9 Å². The van der Waals surface area contributed by atoms with Crippen molar-refractivity contribution in [1.29, 1.82) is 0 Å². The van der Waals surface area contributed by atoms with Crippen LogP contribution in [0.4, 0.5) is 5.95 Å². The Morgan fingerprint density at radius 3 is 2.84 bits per heavy atom. The van der Waals surface area contributed by atoms with Crippen molar-refractivity contribution < 1.29 is 4.79 Å². The molecule has 1 aliphatic rings. The molecular weight excluding hydrogens is 268 g/mol. The fourth-order valence-electron chi connectivity index (χ4n) is 2.19. The largest absolute Gasteiger partial charge is 0.330 e. The van der Waals surface area contributed by atoms with Gasteiger partial charge in [-0.2, -0.15) is 4.98 Å². The number of aromatic amines is 3. The second-order valence-corrected chi connectivity index (χ2v) is 4.91. The number of anilines is 1. The lowest BCUT2D eigenvalue weighted by Crippen LogP contribution is -2.29. The lowest BCUT2D eigenvalue weighted by atomic mass is 10.1. The first-order valence-electron chi connectivity index (χ1n) is 5.81. The Labute approximate surface area is 112 Å². The summed E-state index contributed by atoms with van der Waals surface area (Å²) in [6, 6.07) is 0. The van der Waals surface area contributed by atoms with Crippen LogP contribution in [0.2, 0.25) is 0 Å². The Hall–Kier alpha value is -2.00. The van der Waals surface area contributed by atoms with Crippen molar-refractivity contribution in [2.45, 2.75) is 6.42 Å². The van der Waals surface area contributed by atoms with Crippen LogP contribution in [0.5, 0.6) is 0 Å². The summed E-state index contributed by atoms with van der Waals surface area (Å²) in [6.45, 7) is 0.899. The van der Waals surface area contributed by atoms with Crippen molar-refractivity contribution >= 4 is 35.2 Å². The Kier molecular flexibility index (Phi) is 2.72. The minimum Gasteiger partial charge on any atom is -0.330 e. The molecule has 5 N–H and O–H groups in total. The van der Waals surface area contributed by atoms with Gasteiger partial charge in [-0.1, -0.05) is 0 Å². The van der Waals surface area contributed by atoms with Gasteiger partial charge in [-0.25, -0.2) is 0 Å². The zero-order valence-corrected chi connectivity index (χ0v) is 10.7. The molecule has 1 atom stereocenters. The van der Waals surface area contributed by atoms with Gasteiger partial charge in [0.05, 0.1) is 0 Å². The predicted molar refractivity (Wildman–Crippen MR) is 71.4 cm³/mol. The molecule has 0 bridgehead atoms. The maximum Gasteiger partial charge on any atom is 0.278 e. The summed E-state index contributed by atoms with van der Waals surface area (Å²) in [7, 11) is 0. The third kappa shape index (κ3) is 1.96. The zero-order chi connectivity index (χ0) is 13.6. The maximum atomic E-state index is 11.9. The second-order valence-electron chi connectivity index (χ2n) is 4.50. The third-order valence-electron chi connectivity index (χ3n) is 3.17. The Morgan fingerprint density at radius 1 is 1.37 bits per heavy atom. The first kappa shape index (κ1) is 12.1. The van der Waals surface area contributed by atoms with Crippen LogP contribution in [0.25, 0.3) is 11.2 Å². The van der Waals surface area contributed by atoms with Crippen LogP contribution in [0, 0.1) is 10.7 Å². The summed E-state index contributed by atoms with van der Waals surface area (Å²) in [5.41, 5.74) is 5.81. The molecule has 2 aromatic heterocycles. The van der Waals surface area contributed by atoms with Gasteiger partial charge in [0.25, 0.3) is 5.56 Å². The van der Waals surface area contributed by atoms with Crippen LogP contribution in [0.15, 0.2) is 4.79 Å². The average Bonchev–Trinajstić information content (AvgIpc) is 2.91. The number of carbonyl (C=O) groups is 1. The number of H-pyrrole nitrogens is 3. The summed E-state index contributed by atoms with van der Waals surface area (Å²) in [5, 5.41) is 0. The van der Waals surface area contributed by atoms with Crippen molar-refractivity contribution in [3.05, 3.63) is 15.1 Å². The predicted octanol–water partition coefficient (Wildman–Crippen LogP) is -0.380. The number of hydrogen-bond donors (Lipinski definition) is 4. The topological polar surface area (TPSA) is 124 Å². The lowest BCUT2D eigenvalue weighted by molar-refractivity contribution is -0.117. The Morgan fingerprint density at radius 2 is 2.16 bits per heavy atom. The van der Waals surface area contributed by atoms with E-state index in [1.54, 1.807) is 0 Å². The van der Waals surface area contributed by atoms with E-state index in [9.17, 15) is 9.59 Å². The van der Waals surface area contributed by atoms with Gasteiger partial charge in [-0.15, -0.1) is 0 Å². The Balaban J connectivity index is 2.08. The molecule has 0 spiro atoms. The molecular formula is C10H12N6O2S. The normalized spacial score (nSPS) is 19.5. The van der Waals surface area contributed by atoms with Gasteiger partial charge in [0.15, 0.2) is 10.4 Å². The standard InChI is InChI=1S/C10H12N6O2S/c11-2-4-1-5(17)16(3-4)9-13-7-6(8(18)15-9)12-10(19)14-7/h4H,1-3,11H2,(H3,12,13,14,15,18,19). The SMILES string of the molecule is NCC1CC(=O)N(c2nc3[nH]c(=S)[nH]c3c(=O)[nH]2)C1. The van der Waals surface area contributed by atoms with Crippen LogP contribution < -0.4 is 16.2 Å². The van der Waals surface area contributed by atoms with E-state index in [0.717, 1.165) is 0 Å².